The van der Waals surface area contributed by atoms with E-state index in [1.165, 1.54) is 0 Å². The van der Waals surface area contributed by atoms with Crippen LogP contribution in [-0.4, -0.2) is 20.7 Å². The van der Waals surface area contributed by atoms with Gasteiger partial charge in [-0.3, -0.25) is 4.79 Å². The van der Waals surface area contributed by atoms with Crippen LogP contribution in [0.2, 0.25) is 0 Å². The molecule has 0 bridgehead atoms. The van der Waals surface area contributed by atoms with Crippen molar-refractivity contribution < 1.29 is 15.0 Å². The highest BCUT2D eigenvalue weighted by atomic mass is 16.4. The summed E-state index contributed by atoms with van der Waals surface area (Å²) in [5.41, 5.74) is 8.01. The predicted octanol–water partition coefficient (Wildman–Crippen LogP) is 1.76. The van der Waals surface area contributed by atoms with Crippen molar-refractivity contribution in [3.8, 4) is 5.75 Å². The van der Waals surface area contributed by atoms with E-state index in [0.717, 1.165) is 17.8 Å². The molecule has 0 saturated carbocycles. The number of hydrogen-bond acceptors (Lipinski definition) is 3. The minimum absolute atomic E-state index is 0.106. The van der Waals surface area contributed by atoms with E-state index in [4.69, 9.17) is 10.8 Å². The first-order valence-corrected chi connectivity index (χ1v) is 5.77. The molecule has 0 aliphatic rings. The van der Waals surface area contributed by atoms with E-state index in [0.29, 0.717) is 10.9 Å². The fraction of sp³-hybridized carbons (Fsp3) is 0.308. The third kappa shape index (κ3) is 1.73. The van der Waals surface area contributed by atoms with E-state index in [1.54, 1.807) is 18.2 Å². The second-order valence-corrected chi connectivity index (χ2v) is 4.26. The van der Waals surface area contributed by atoms with Crippen LogP contribution in [0.25, 0.3) is 10.9 Å². The van der Waals surface area contributed by atoms with Crippen molar-refractivity contribution in [2.75, 3.05) is 0 Å². The number of aliphatic carboxylic acids is 1. The summed E-state index contributed by atoms with van der Waals surface area (Å²) in [6, 6.07) is 3.85. The maximum absolute atomic E-state index is 11.1. The highest BCUT2D eigenvalue weighted by molar-refractivity contribution is 5.91. The molecule has 2 rings (SSSR count). The van der Waals surface area contributed by atoms with E-state index >= 15 is 0 Å². The minimum Gasteiger partial charge on any atom is -0.508 e. The molecule has 18 heavy (non-hydrogen) atoms. The number of nitrogens with two attached hydrogens (primary N) is 1. The molecule has 0 spiro atoms. The standard InChI is InChI=1S/C13H16N2O3/c1-3-15-7(2)11(12(14)13(17)18)9-6-8(16)4-5-10(9)15/h4-6,12,16H,3,14H2,1-2H3,(H,17,18). The number of aromatic nitrogens is 1. The molecule has 1 atom stereocenters. The Balaban J connectivity index is 2.82. The van der Waals surface area contributed by atoms with Crippen LogP contribution < -0.4 is 5.73 Å². The van der Waals surface area contributed by atoms with Crippen molar-refractivity contribution in [1.82, 2.24) is 4.57 Å². The first kappa shape index (κ1) is 12.4. The molecule has 0 radical (unpaired) electrons. The van der Waals surface area contributed by atoms with Crippen LogP contribution in [0.15, 0.2) is 18.2 Å². The number of rotatable bonds is 3. The normalized spacial score (nSPS) is 12.8. The predicted molar refractivity (Wildman–Crippen MR) is 68.6 cm³/mol. The number of carbonyl (C=O) groups is 1. The molecule has 96 valence electrons. The van der Waals surface area contributed by atoms with E-state index in [-0.39, 0.29) is 5.75 Å². The summed E-state index contributed by atoms with van der Waals surface area (Å²) in [5.74, 6) is -0.966. The molecule has 0 amide bonds. The number of nitrogens with zero attached hydrogens (tertiary/aromatic N) is 1. The van der Waals surface area contributed by atoms with Gasteiger partial charge in [-0.2, -0.15) is 0 Å². The van der Waals surface area contributed by atoms with Crippen LogP contribution in [0.3, 0.4) is 0 Å². The number of phenols is 1. The zero-order valence-corrected chi connectivity index (χ0v) is 10.3. The van der Waals surface area contributed by atoms with Gasteiger partial charge in [-0.15, -0.1) is 0 Å². The van der Waals surface area contributed by atoms with Gasteiger partial charge in [0.1, 0.15) is 11.8 Å². The van der Waals surface area contributed by atoms with Crippen molar-refractivity contribution in [2.24, 2.45) is 5.73 Å². The van der Waals surface area contributed by atoms with Crippen molar-refractivity contribution in [2.45, 2.75) is 26.4 Å². The smallest absolute Gasteiger partial charge is 0.325 e. The Labute approximate surface area is 104 Å². The van der Waals surface area contributed by atoms with Crippen LogP contribution >= 0.6 is 0 Å². The summed E-state index contributed by atoms with van der Waals surface area (Å²) in [6.45, 7) is 4.55. The second-order valence-electron chi connectivity index (χ2n) is 4.26. The Morgan fingerprint density at radius 1 is 1.50 bits per heavy atom. The number of hydrogen-bond donors (Lipinski definition) is 3. The van der Waals surface area contributed by atoms with Crippen LogP contribution in [0.1, 0.15) is 24.2 Å². The van der Waals surface area contributed by atoms with Gasteiger partial charge in [0.05, 0.1) is 0 Å². The number of fused-ring (bicyclic) bond motifs is 1. The average Bonchev–Trinajstić information content (AvgIpc) is 2.59. The highest BCUT2D eigenvalue weighted by Crippen LogP contribution is 2.32. The topological polar surface area (TPSA) is 88.5 Å². The molecule has 1 unspecified atom stereocenters. The Hall–Kier alpha value is -2.01. The molecule has 1 heterocycles. The largest absolute Gasteiger partial charge is 0.508 e. The number of carboxylic acids is 1. The maximum atomic E-state index is 11.1. The number of carboxylic acid groups (broad SMARTS) is 1. The Kier molecular flexibility index (Phi) is 3.00. The van der Waals surface area contributed by atoms with E-state index < -0.39 is 12.0 Å². The van der Waals surface area contributed by atoms with E-state index in [2.05, 4.69) is 0 Å². The van der Waals surface area contributed by atoms with Crippen molar-refractivity contribution >= 4 is 16.9 Å². The second kappa shape index (κ2) is 4.34. The monoisotopic (exact) mass is 248 g/mol. The molecular weight excluding hydrogens is 232 g/mol. The number of phenolic OH excluding ortho intramolecular Hbond substituents is 1. The van der Waals surface area contributed by atoms with E-state index in [1.807, 2.05) is 18.4 Å². The summed E-state index contributed by atoms with van der Waals surface area (Å²) in [6.07, 6.45) is 0. The van der Waals surface area contributed by atoms with Crippen molar-refractivity contribution in [3.05, 3.63) is 29.5 Å². The van der Waals surface area contributed by atoms with Crippen LogP contribution in [0.5, 0.6) is 5.75 Å². The Morgan fingerprint density at radius 3 is 2.72 bits per heavy atom. The Morgan fingerprint density at radius 2 is 2.17 bits per heavy atom. The zero-order chi connectivity index (χ0) is 13.4. The van der Waals surface area contributed by atoms with Gasteiger partial charge in [0.25, 0.3) is 0 Å². The number of aromatic hydroxyl groups is 1. The molecule has 5 heteroatoms. The molecule has 5 nitrogen and oxygen atoms in total. The lowest BCUT2D eigenvalue weighted by Gasteiger charge is -2.08. The quantitative estimate of drug-likeness (QED) is 0.772. The molecule has 0 aliphatic heterocycles. The molecular formula is C13H16N2O3. The molecule has 1 aromatic heterocycles. The van der Waals surface area contributed by atoms with Crippen LogP contribution in [0.4, 0.5) is 0 Å². The minimum atomic E-state index is -1.08. The van der Waals surface area contributed by atoms with Gasteiger partial charge >= 0.3 is 5.97 Å². The fourth-order valence-corrected chi connectivity index (χ4v) is 2.42. The maximum Gasteiger partial charge on any atom is 0.325 e. The summed E-state index contributed by atoms with van der Waals surface area (Å²) < 4.78 is 1.99. The van der Waals surface area contributed by atoms with Crippen LogP contribution in [0, 0.1) is 6.92 Å². The van der Waals surface area contributed by atoms with Crippen molar-refractivity contribution in [3.63, 3.8) is 0 Å². The third-order valence-corrected chi connectivity index (χ3v) is 3.25. The lowest BCUT2D eigenvalue weighted by atomic mass is 10.0. The third-order valence-electron chi connectivity index (χ3n) is 3.25. The lowest BCUT2D eigenvalue weighted by Crippen LogP contribution is -2.21. The number of benzene rings is 1. The fourth-order valence-electron chi connectivity index (χ4n) is 2.42. The van der Waals surface area contributed by atoms with Gasteiger partial charge < -0.3 is 20.5 Å². The lowest BCUT2D eigenvalue weighted by molar-refractivity contribution is -0.138. The molecule has 0 fully saturated rings. The average molecular weight is 248 g/mol. The van der Waals surface area contributed by atoms with Gasteiger partial charge in [-0.05, 0) is 32.0 Å². The van der Waals surface area contributed by atoms with Gasteiger partial charge in [-0.1, -0.05) is 0 Å². The molecule has 0 saturated heterocycles. The molecule has 2 aromatic rings. The number of aryl methyl sites for hydroxylation is 1. The molecule has 0 aliphatic carbocycles. The highest BCUT2D eigenvalue weighted by Gasteiger charge is 2.23. The first-order valence-electron chi connectivity index (χ1n) is 5.77. The summed E-state index contributed by atoms with van der Waals surface area (Å²) in [5, 5.41) is 19.3. The summed E-state index contributed by atoms with van der Waals surface area (Å²) >= 11 is 0. The van der Waals surface area contributed by atoms with Crippen molar-refractivity contribution in [1.29, 1.82) is 0 Å². The molecule has 4 N–H and O–H groups in total. The Bertz CT molecular complexity index is 616. The van der Waals surface area contributed by atoms with Gasteiger partial charge in [0, 0.05) is 28.7 Å². The summed E-state index contributed by atoms with van der Waals surface area (Å²) in [7, 11) is 0. The first-order chi connectivity index (χ1) is 8.47. The zero-order valence-electron chi connectivity index (χ0n) is 10.3. The van der Waals surface area contributed by atoms with Gasteiger partial charge in [-0.25, -0.2) is 0 Å². The van der Waals surface area contributed by atoms with E-state index in [9.17, 15) is 9.90 Å². The van der Waals surface area contributed by atoms with Crippen LogP contribution in [-0.2, 0) is 11.3 Å². The van der Waals surface area contributed by atoms with Gasteiger partial charge in [0.15, 0.2) is 0 Å². The summed E-state index contributed by atoms with van der Waals surface area (Å²) in [4.78, 5) is 11.1. The SMILES string of the molecule is CCn1c(C)c(C(N)C(=O)O)c2cc(O)ccc21. The van der Waals surface area contributed by atoms with Gasteiger partial charge in [0.2, 0.25) is 0 Å². The molecule has 1 aromatic carbocycles.